The third kappa shape index (κ3) is 2.69. The first-order valence-electron chi connectivity index (χ1n) is 8.58. The van der Waals surface area contributed by atoms with E-state index < -0.39 is 0 Å². The van der Waals surface area contributed by atoms with Crippen LogP contribution in [0.15, 0.2) is 66.7 Å². The molecule has 5 rings (SSSR count). The van der Waals surface area contributed by atoms with Gasteiger partial charge in [-0.05, 0) is 36.2 Å². The second-order valence-electron chi connectivity index (χ2n) is 6.53. The van der Waals surface area contributed by atoms with Crippen LogP contribution in [-0.2, 0) is 0 Å². The van der Waals surface area contributed by atoms with Crippen LogP contribution >= 0.6 is 0 Å². The van der Waals surface area contributed by atoms with Gasteiger partial charge in [0.2, 0.25) is 0 Å². The van der Waals surface area contributed by atoms with Crippen molar-refractivity contribution in [3.63, 3.8) is 0 Å². The third-order valence-electron chi connectivity index (χ3n) is 4.70. The number of halogens is 1. The first-order chi connectivity index (χ1) is 12.8. The smallest absolute Gasteiger partial charge is 0.185 e. The van der Waals surface area contributed by atoms with Gasteiger partial charge >= 0.3 is 0 Å². The average molecular weight is 345 g/mol. The lowest BCUT2D eigenvalue weighted by Crippen LogP contribution is -2.08. The molecule has 26 heavy (non-hydrogen) atoms. The molecule has 1 aliphatic carbocycles. The summed E-state index contributed by atoms with van der Waals surface area (Å²) < 4.78 is 15.2. The van der Waals surface area contributed by atoms with Crippen LogP contribution in [-0.4, -0.2) is 25.9 Å². The standard InChI is InChI=1S/C20H16FN5/c21-15-8-4-7-14(11-15)16-12-17(16)22-18-9-10-19-23-24-20(26(19)25-18)13-5-2-1-3-6-13/h1-11,16-17H,12H2,(H,22,25)/t16-,17+/m0/s1. The summed E-state index contributed by atoms with van der Waals surface area (Å²) in [6.45, 7) is 0. The van der Waals surface area contributed by atoms with Crippen molar-refractivity contribution in [1.82, 2.24) is 19.8 Å². The van der Waals surface area contributed by atoms with E-state index >= 15 is 0 Å². The van der Waals surface area contributed by atoms with Gasteiger partial charge in [-0.2, -0.15) is 4.52 Å². The summed E-state index contributed by atoms with van der Waals surface area (Å²) >= 11 is 0. The van der Waals surface area contributed by atoms with Crippen LogP contribution in [0.5, 0.6) is 0 Å². The second kappa shape index (κ2) is 5.91. The van der Waals surface area contributed by atoms with Crippen molar-refractivity contribution < 1.29 is 4.39 Å². The highest BCUT2D eigenvalue weighted by atomic mass is 19.1. The maximum atomic E-state index is 13.4. The van der Waals surface area contributed by atoms with E-state index in [2.05, 4.69) is 20.6 Å². The van der Waals surface area contributed by atoms with Gasteiger partial charge in [-0.25, -0.2) is 4.39 Å². The van der Waals surface area contributed by atoms with E-state index in [-0.39, 0.29) is 11.9 Å². The van der Waals surface area contributed by atoms with E-state index in [9.17, 15) is 4.39 Å². The van der Waals surface area contributed by atoms with Crippen molar-refractivity contribution in [3.05, 3.63) is 78.1 Å². The predicted octanol–water partition coefficient (Wildman–Crippen LogP) is 3.90. The number of aromatic nitrogens is 4. The van der Waals surface area contributed by atoms with Crippen molar-refractivity contribution in [1.29, 1.82) is 0 Å². The first kappa shape index (κ1) is 15.0. The summed E-state index contributed by atoms with van der Waals surface area (Å²) in [6.07, 6.45) is 0.969. The number of hydrogen-bond donors (Lipinski definition) is 1. The number of rotatable bonds is 4. The van der Waals surface area contributed by atoms with Crippen LogP contribution in [0.4, 0.5) is 10.2 Å². The molecule has 0 saturated heterocycles. The number of fused-ring (bicyclic) bond motifs is 1. The van der Waals surface area contributed by atoms with Gasteiger partial charge in [-0.3, -0.25) is 0 Å². The maximum Gasteiger partial charge on any atom is 0.185 e. The molecule has 1 N–H and O–H groups in total. The third-order valence-corrected chi connectivity index (χ3v) is 4.70. The summed E-state index contributed by atoms with van der Waals surface area (Å²) in [5.41, 5.74) is 2.69. The zero-order chi connectivity index (χ0) is 17.5. The lowest BCUT2D eigenvalue weighted by molar-refractivity contribution is 0.625. The molecule has 128 valence electrons. The van der Waals surface area contributed by atoms with Crippen LogP contribution < -0.4 is 5.32 Å². The van der Waals surface area contributed by atoms with Crippen LogP contribution in [0.2, 0.25) is 0 Å². The average Bonchev–Trinajstić information content (AvgIpc) is 3.31. The van der Waals surface area contributed by atoms with Gasteiger partial charge in [0.05, 0.1) is 0 Å². The Hall–Kier alpha value is -3.28. The van der Waals surface area contributed by atoms with Gasteiger partial charge in [-0.15, -0.1) is 15.3 Å². The van der Waals surface area contributed by atoms with Crippen LogP contribution in [0.3, 0.4) is 0 Å². The molecule has 1 fully saturated rings. The van der Waals surface area contributed by atoms with E-state index in [0.717, 1.165) is 23.4 Å². The lowest BCUT2D eigenvalue weighted by atomic mass is 10.1. The van der Waals surface area contributed by atoms with E-state index in [1.165, 1.54) is 6.07 Å². The van der Waals surface area contributed by atoms with Crippen LogP contribution in [0.25, 0.3) is 17.0 Å². The molecule has 0 radical (unpaired) electrons. The summed E-state index contributed by atoms with van der Waals surface area (Å²) in [7, 11) is 0. The Kier molecular flexibility index (Phi) is 3.41. The molecule has 2 heterocycles. The SMILES string of the molecule is Fc1cccc([C@@H]2C[C@H]2Nc2ccc3nnc(-c4ccccc4)n3n2)c1. The van der Waals surface area contributed by atoms with Gasteiger partial charge in [0.15, 0.2) is 11.5 Å². The molecule has 0 amide bonds. The first-order valence-corrected chi connectivity index (χ1v) is 8.58. The Morgan fingerprint density at radius 3 is 2.69 bits per heavy atom. The molecule has 6 heteroatoms. The highest BCUT2D eigenvalue weighted by molar-refractivity contribution is 5.59. The van der Waals surface area contributed by atoms with Crippen LogP contribution in [0.1, 0.15) is 17.9 Å². The minimum atomic E-state index is -0.190. The Bertz CT molecular complexity index is 1080. The fraction of sp³-hybridized carbons (Fsp3) is 0.150. The summed E-state index contributed by atoms with van der Waals surface area (Å²) in [6, 6.07) is 20.7. The summed E-state index contributed by atoms with van der Waals surface area (Å²) in [4.78, 5) is 0. The van der Waals surface area contributed by atoms with Gasteiger partial charge in [0, 0.05) is 17.5 Å². The summed E-state index contributed by atoms with van der Waals surface area (Å²) in [5, 5.41) is 16.5. The molecular weight excluding hydrogens is 329 g/mol. The monoisotopic (exact) mass is 345 g/mol. The molecule has 0 bridgehead atoms. The number of nitrogens with one attached hydrogen (secondary N) is 1. The van der Waals surface area contributed by atoms with Crippen molar-refractivity contribution >= 4 is 11.5 Å². The van der Waals surface area contributed by atoms with Crippen LogP contribution in [0, 0.1) is 5.82 Å². The van der Waals surface area contributed by atoms with Gasteiger partial charge in [-0.1, -0.05) is 42.5 Å². The van der Waals surface area contributed by atoms with Crippen molar-refractivity contribution in [3.8, 4) is 11.4 Å². The molecule has 1 saturated carbocycles. The van der Waals surface area contributed by atoms with Crippen molar-refractivity contribution in [2.45, 2.75) is 18.4 Å². The van der Waals surface area contributed by atoms with Crippen molar-refractivity contribution in [2.75, 3.05) is 5.32 Å². The molecule has 5 nitrogen and oxygen atoms in total. The second-order valence-corrected chi connectivity index (χ2v) is 6.53. The molecule has 4 aromatic rings. The Labute approximate surface area is 149 Å². The molecule has 2 aromatic carbocycles. The fourth-order valence-electron chi connectivity index (χ4n) is 3.28. The number of hydrogen-bond acceptors (Lipinski definition) is 4. The highest BCUT2D eigenvalue weighted by Crippen LogP contribution is 2.42. The fourth-order valence-corrected chi connectivity index (χ4v) is 3.28. The van der Waals surface area contributed by atoms with Crippen molar-refractivity contribution in [2.24, 2.45) is 0 Å². The zero-order valence-corrected chi connectivity index (χ0v) is 13.9. The predicted molar refractivity (Wildman–Crippen MR) is 97.4 cm³/mol. The normalized spacial score (nSPS) is 18.8. The minimum Gasteiger partial charge on any atom is -0.365 e. The molecular formula is C20H16FN5. The van der Waals surface area contributed by atoms with Gasteiger partial charge < -0.3 is 5.32 Å². The topological polar surface area (TPSA) is 55.1 Å². The molecule has 0 spiro atoms. The largest absolute Gasteiger partial charge is 0.365 e. The minimum absolute atomic E-state index is 0.190. The molecule has 1 aliphatic rings. The lowest BCUT2D eigenvalue weighted by Gasteiger charge is -2.06. The number of anilines is 1. The molecule has 0 unspecified atom stereocenters. The number of nitrogens with zero attached hydrogens (tertiary/aromatic N) is 4. The molecule has 0 aliphatic heterocycles. The zero-order valence-electron chi connectivity index (χ0n) is 13.9. The quantitative estimate of drug-likeness (QED) is 0.609. The summed E-state index contributed by atoms with van der Waals surface area (Å²) in [5.74, 6) is 1.60. The van der Waals surface area contributed by atoms with E-state index in [0.29, 0.717) is 17.4 Å². The Balaban J connectivity index is 1.40. The highest BCUT2D eigenvalue weighted by Gasteiger charge is 2.38. The Morgan fingerprint density at radius 2 is 1.85 bits per heavy atom. The number of benzene rings is 2. The maximum absolute atomic E-state index is 13.4. The molecule has 2 aromatic heterocycles. The Morgan fingerprint density at radius 1 is 0.962 bits per heavy atom. The van der Waals surface area contributed by atoms with Gasteiger partial charge in [0.1, 0.15) is 11.6 Å². The van der Waals surface area contributed by atoms with E-state index in [4.69, 9.17) is 0 Å². The molecule has 2 atom stereocenters. The van der Waals surface area contributed by atoms with E-state index in [1.54, 1.807) is 16.6 Å². The van der Waals surface area contributed by atoms with E-state index in [1.807, 2.05) is 48.5 Å². The van der Waals surface area contributed by atoms with Gasteiger partial charge in [0.25, 0.3) is 0 Å².